The van der Waals surface area contributed by atoms with Gasteiger partial charge in [-0.05, 0) is 51.3 Å². The molecule has 3 aromatic rings. The summed E-state index contributed by atoms with van der Waals surface area (Å²) in [5.41, 5.74) is 2.75. The van der Waals surface area contributed by atoms with Gasteiger partial charge in [-0.25, -0.2) is 9.78 Å². The quantitative estimate of drug-likeness (QED) is 0.240. The van der Waals surface area contributed by atoms with Crippen molar-refractivity contribution in [3.8, 4) is 22.1 Å². The monoisotopic (exact) mass is 576 g/mol. The number of amides is 3. The zero-order chi connectivity index (χ0) is 29.6. The topological polar surface area (TPSA) is 75.2 Å². The molecule has 0 saturated carbocycles. The lowest BCUT2D eigenvalue weighted by molar-refractivity contribution is 0.0734. The van der Waals surface area contributed by atoms with E-state index < -0.39 is 5.54 Å². The molecule has 0 aliphatic carbocycles. The third-order valence-electron chi connectivity index (χ3n) is 7.65. The van der Waals surface area contributed by atoms with Crippen molar-refractivity contribution in [1.29, 1.82) is 0 Å². The second-order valence-electron chi connectivity index (χ2n) is 10.1. The molecule has 4 rings (SSSR count). The number of allylic oxidation sites excluding steroid dienone is 1. The first kappa shape index (κ1) is 30.1. The van der Waals surface area contributed by atoms with E-state index in [0.29, 0.717) is 49.8 Å². The minimum atomic E-state index is -0.574. The zero-order valence-electron chi connectivity index (χ0n) is 24.8. The minimum Gasteiger partial charge on any atom is -0.497 e. The van der Waals surface area contributed by atoms with Gasteiger partial charge in [-0.15, -0.1) is 11.3 Å². The summed E-state index contributed by atoms with van der Waals surface area (Å²) in [7, 11) is 3.24. The third kappa shape index (κ3) is 6.25. The number of hydrogen-bond donors (Lipinski definition) is 0. The van der Waals surface area contributed by atoms with Crippen molar-refractivity contribution < 1.29 is 19.1 Å². The van der Waals surface area contributed by atoms with Crippen LogP contribution in [0.25, 0.3) is 10.6 Å². The molecule has 3 amide bonds. The molecule has 2 heterocycles. The van der Waals surface area contributed by atoms with E-state index in [2.05, 4.69) is 24.9 Å². The van der Waals surface area contributed by atoms with Crippen molar-refractivity contribution in [2.75, 3.05) is 33.9 Å². The van der Waals surface area contributed by atoms with Crippen LogP contribution in [0.15, 0.2) is 65.7 Å². The number of ether oxygens (including phenoxy) is 2. The molecule has 0 radical (unpaired) electrons. The summed E-state index contributed by atoms with van der Waals surface area (Å²) < 4.78 is 10.9. The Morgan fingerprint density at radius 2 is 1.76 bits per heavy atom. The molecule has 1 fully saturated rings. The molecule has 9 heteroatoms. The van der Waals surface area contributed by atoms with Crippen LogP contribution in [0.1, 0.15) is 56.6 Å². The molecule has 1 aromatic heterocycles. The van der Waals surface area contributed by atoms with Gasteiger partial charge < -0.3 is 19.3 Å². The summed E-state index contributed by atoms with van der Waals surface area (Å²) in [6.07, 6.45) is 3.52. The van der Waals surface area contributed by atoms with Crippen LogP contribution < -0.4 is 9.47 Å². The molecule has 0 bridgehead atoms. The second-order valence-corrected chi connectivity index (χ2v) is 11.0. The summed E-state index contributed by atoms with van der Waals surface area (Å²) in [6, 6.07) is 15.5. The Balaban J connectivity index is 1.56. The van der Waals surface area contributed by atoms with Gasteiger partial charge in [0.1, 0.15) is 22.2 Å². The highest BCUT2D eigenvalue weighted by Gasteiger charge is 2.49. The van der Waals surface area contributed by atoms with Gasteiger partial charge in [0.15, 0.2) is 0 Å². The molecule has 1 saturated heterocycles. The summed E-state index contributed by atoms with van der Waals surface area (Å²) in [4.78, 5) is 37.6. The standard InChI is InChI=1S/C32H40N4O4S/c1-7-13-28-32(4,36(9-3)31(38)35(28)21-23-18-25(39-5)20-26(19-23)40-6)16-17-34(8-2)30(37)27-22-41-29(33-27)24-14-11-10-12-15-24/h10-15,18-20,22H,7-9,16-17,21H2,1-6H3/b28-13-. The van der Waals surface area contributed by atoms with Gasteiger partial charge in [-0.1, -0.05) is 43.3 Å². The maximum atomic E-state index is 13.8. The van der Waals surface area contributed by atoms with Crippen LogP contribution in [0.3, 0.4) is 0 Å². The Bertz CT molecular complexity index is 1370. The van der Waals surface area contributed by atoms with Crippen molar-refractivity contribution in [3.63, 3.8) is 0 Å². The van der Waals surface area contributed by atoms with Gasteiger partial charge in [-0.2, -0.15) is 0 Å². The highest BCUT2D eigenvalue weighted by atomic mass is 32.1. The van der Waals surface area contributed by atoms with Crippen molar-refractivity contribution in [2.24, 2.45) is 0 Å². The van der Waals surface area contributed by atoms with Crippen LogP contribution in [0, 0.1) is 0 Å². The van der Waals surface area contributed by atoms with Crippen LogP contribution in [-0.2, 0) is 6.54 Å². The van der Waals surface area contributed by atoms with Gasteiger partial charge in [0.25, 0.3) is 5.91 Å². The number of benzene rings is 2. The fourth-order valence-electron chi connectivity index (χ4n) is 5.46. The molecule has 0 N–H and O–H groups in total. The molecule has 1 aliphatic rings. The van der Waals surface area contributed by atoms with E-state index in [4.69, 9.17) is 9.47 Å². The van der Waals surface area contributed by atoms with Gasteiger partial charge in [0.05, 0.1) is 26.3 Å². The maximum absolute atomic E-state index is 13.8. The predicted molar refractivity (Wildman–Crippen MR) is 163 cm³/mol. The minimum absolute atomic E-state index is 0.0436. The van der Waals surface area contributed by atoms with Crippen LogP contribution in [-0.4, -0.2) is 71.0 Å². The fourth-order valence-corrected chi connectivity index (χ4v) is 6.26. The zero-order valence-corrected chi connectivity index (χ0v) is 25.7. The summed E-state index contributed by atoms with van der Waals surface area (Å²) in [5, 5.41) is 2.66. The molecule has 1 unspecified atom stereocenters. The Kier molecular flexibility index (Phi) is 9.70. The molecular weight excluding hydrogens is 536 g/mol. The van der Waals surface area contributed by atoms with E-state index in [1.165, 1.54) is 11.3 Å². The highest BCUT2D eigenvalue weighted by Crippen LogP contribution is 2.40. The van der Waals surface area contributed by atoms with Crippen molar-refractivity contribution in [3.05, 3.63) is 76.9 Å². The van der Waals surface area contributed by atoms with E-state index in [1.54, 1.807) is 14.2 Å². The lowest BCUT2D eigenvalue weighted by Crippen LogP contribution is -2.46. The van der Waals surface area contributed by atoms with E-state index in [-0.39, 0.29) is 11.9 Å². The molecule has 1 atom stereocenters. The van der Waals surface area contributed by atoms with Crippen LogP contribution in [0.2, 0.25) is 0 Å². The Hall–Kier alpha value is -3.85. The number of thiazole rings is 1. The first-order valence-electron chi connectivity index (χ1n) is 14.1. The summed E-state index contributed by atoms with van der Waals surface area (Å²) in [6.45, 7) is 10.2. The van der Waals surface area contributed by atoms with Crippen LogP contribution in [0.5, 0.6) is 11.5 Å². The molecule has 1 aliphatic heterocycles. The van der Waals surface area contributed by atoms with E-state index in [1.807, 2.05) is 82.5 Å². The van der Waals surface area contributed by atoms with Gasteiger partial charge >= 0.3 is 6.03 Å². The normalized spacial score (nSPS) is 17.8. The highest BCUT2D eigenvalue weighted by molar-refractivity contribution is 7.13. The van der Waals surface area contributed by atoms with Crippen molar-refractivity contribution in [2.45, 2.75) is 52.6 Å². The first-order chi connectivity index (χ1) is 19.8. The van der Waals surface area contributed by atoms with Crippen molar-refractivity contribution in [1.82, 2.24) is 19.7 Å². The van der Waals surface area contributed by atoms with E-state index >= 15 is 0 Å². The molecule has 8 nitrogen and oxygen atoms in total. The number of carbonyl (C=O) groups excluding carboxylic acids is 2. The SMILES string of the molecule is CC/C=C1\N(Cc2cc(OC)cc(OC)c2)C(=O)N(CC)C1(C)CCN(CC)C(=O)c1csc(-c2ccccc2)n1. The van der Waals surface area contributed by atoms with E-state index in [0.717, 1.165) is 28.3 Å². The molecule has 41 heavy (non-hydrogen) atoms. The number of likely N-dealkylation sites (N-methyl/N-ethyl adjacent to an activating group) is 1. The number of hydrogen-bond acceptors (Lipinski definition) is 6. The summed E-state index contributed by atoms with van der Waals surface area (Å²) in [5.74, 6) is 1.26. The van der Waals surface area contributed by atoms with Crippen molar-refractivity contribution >= 4 is 23.3 Å². The third-order valence-corrected chi connectivity index (χ3v) is 8.54. The van der Waals surface area contributed by atoms with Gasteiger partial charge in [0.2, 0.25) is 0 Å². The largest absolute Gasteiger partial charge is 0.497 e. The van der Waals surface area contributed by atoms with E-state index in [9.17, 15) is 9.59 Å². The lowest BCUT2D eigenvalue weighted by atomic mass is 9.91. The first-order valence-corrected chi connectivity index (χ1v) is 15.0. The van der Waals surface area contributed by atoms with Gasteiger partial charge in [0, 0.05) is 42.3 Å². The number of urea groups is 1. The molecule has 2 aromatic carbocycles. The average Bonchev–Trinajstić information content (AvgIpc) is 3.56. The number of nitrogens with zero attached hydrogens (tertiary/aromatic N) is 4. The van der Waals surface area contributed by atoms with Crippen LogP contribution >= 0.6 is 11.3 Å². The number of aromatic nitrogens is 1. The van der Waals surface area contributed by atoms with Crippen LogP contribution in [0.4, 0.5) is 4.79 Å². The number of methoxy groups -OCH3 is 2. The molecule has 218 valence electrons. The number of rotatable bonds is 12. The average molecular weight is 577 g/mol. The smallest absolute Gasteiger partial charge is 0.325 e. The Labute approximate surface area is 247 Å². The number of carbonyl (C=O) groups is 2. The lowest BCUT2D eigenvalue weighted by Gasteiger charge is -2.36. The Morgan fingerprint density at radius 3 is 2.34 bits per heavy atom. The Morgan fingerprint density at radius 1 is 1.07 bits per heavy atom. The molecular formula is C32H40N4O4S. The summed E-state index contributed by atoms with van der Waals surface area (Å²) >= 11 is 1.47. The fraction of sp³-hybridized carbons (Fsp3) is 0.406. The molecule has 0 spiro atoms. The maximum Gasteiger partial charge on any atom is 0.325 e. The van der Waals surface area contributed by atoms with Gasteiger partial charge in [-0.3, -0.25) is 9.69 Å². The predicted octanol–water partition coefficient (Wildman–Crippen LogP) is 6.69. The second kappa shape index (κ2) is 13.2.